The van der Waals surface area contributed by atoms with Crippen LogP contribution in [0.3, 0.4) is 0 Å². The lowest BCUT2D eigenvalue weighted by Gasteiger charge is -2.32. The molecule has 4 N–H and O–H groups in total. The predicted octanol–water partition coefficient (Wildman–Crippen LogP) is 0.854. The number of anilines is 2. The summed E-state index contributed by atoms with van der Waals surface area (Å²) in [6.45, 7) is 1.33. The van der Waals surface area contributed by atoms with E-state index in [-0.39, 0.29) is 18.1 Å². The number of hydrogen-bond donors (Lipinski definition) is 2. The lowest BCUT2D eigenvalue weighted by atomic mass is 10.1. The van der Waals surface area contributed by atoms with E-state index in [1.165, 1.54) is 0 Å². The fourth-order valence-electron chi connectivity index (χ4n) is 2.73. The summed E-state index contributed by atoms with van der Waals surface area (Å²) < 4.78 is 5.72. The van der Waals surface area contributed by atoms with Crippen LogP contribution in [0.15, 0.2) is 18.2 Å². The first-order valence-corrected chi connectivity index (χ1v) is 6.23. The van der Waals surface area contributed by atoms with Crippen LogP contribution in [-0.4, -0.2) is 36.1 Å². The number of carbonyl (C=O) groups is 1. The highest BCUT2D eigenvalue weighted by Gasteiger charge is 2.36. The zero-order chi connectivity index (χ0) is 12.7. The fraction of sp³-hybridized carbons (Fsp3) is 0.462. The molecular formula is C13H17N3O2. The van der Waals surface area contributed by atoms with E-state index in [1.807, 2.05) is 4.90 Å². The van der Waals surface area contributed by atoms with Gasteiger partial charge in [0, 0.05) is 24.5 Å². The van der Waals surface area contributed by atoms with Gasteiger partial charge in [0.2, 0.25) is 0 Å². The number of morpholine rings is 1. The first-order chi connectivity index (χ1) is 8.63. The van der Waals surface area contributed by atoms with Crippen molar-refractivity contribution in [2.45, 2.75) is 25.0 Å². The summed E-state index contributed by atoms with van der Waals surface area (Å²) in [6, 6.07) is 5.03. The second kappa shape index (κ2) is 4.17. The van der Waals surface area contributed by atoms with Crippen molar-refractivity contribution in [1.82, 2.24) is 4.90 Å². The number of nitrogens with zero attached hydrogens (tertiary/aromatic N) is 1. The molecule has 2 aliphatic heterocycles. The van der Waals surface area contributed by atoms with Crippen molar-refractivity contribution in [3.63, 3.8) is 0 Å². The van der Waals surface area contributed by atoms with Crippen LogP contribution in [0, 0.1) is 0 Å². The van der Waals surface area contributed by atoms with Gasteiger partial charge in [-0.3, -0.25) is 4.79 Å². The van der Waals surface area contributed by atoms with Crippen LogP contribution >= 0.6 is 0 Å². The Kier molecular flexibility index (Phi) is 2.63. The molecular weight excluding hydrogens is 230 g/mol. The summed E-state index contributed by atoms with van der Waals surface area (Å²) in [4.78, 5) is 14.2. The van der Waals surface area contributed by atoms with Crippen molar-refractivity contribution < 1.29 is 9.53 Å². The molecule has 1 amide bonds. The van der Waals surface area contributed by atoms with Gasteiger partial charge in [-0.1, -0.05) is 0 Å². The third-order valence-electron chi connectivity index (χ3n) is 3.64. The zero-order valence-electron chi connectivity index (χ0n) is 10.1. The summed E-state index contributed by atoms with van der Waals surface area (Å²) in [5.41, 5.74) is 13.0. The Morgan fingerprint density at radius 2 is 1.89 bits per heavy atom. The number of ether oxygens (including phenoxy) is 1. The van der Waals surface area contributed by atoms with Gasteiger partial charge < -0.3 is 21.1 Å². The van der Waals surface area contributed by atoms with E-state index in [2.05, 4.69) is 0 Å². The molecule has 2 fully saturated rings. The Morgan fingerprint density at radius 3 is 2.50 bits per heavy atom. The minimum Gasteiger partial charge on any atom is -0.399 e. The van der Waals surface area contributed by atoms with Gasteiger partial charge in [0.15, 0.2) is 0 Å². The number of fused-ring (bicyclic) bond motifs is 2. The van der Waals surface area contributed by atoms with Gasteiger partial charge in [-0.15, -0.1) is 0 Å². The SMILES string of the molecule is Nc1ccc(C(=O)N2CC3CCC(C2)O3)c(N)c1. The number of rotatable bonds is 1. The van der Waals surface area contributed by atoms with Crippen molar-refractivity contribution in [3.05, 3.63) is 23.8 Å². The Bertz CT molecular complexity index is 477. The van der Waals surface area contributed by atoms with E-state index in [4.69, 9.17) is 16.2 Å². The first kappa shape index (κ1) is 11.3. The van der Waals surface area contributed by atoms with Gasteiger partial charge in [0.05, 0.1) is 17.8 Å². The van der Waals surface area contributed by atoms with Gasteiger partial charge >= 0.3 is 0 Å². The van der Waals surface area contributed by atoms with Crippen molar-refractivity contribution in [3.8, 4) is 0 Å². The summed E-state index contributed by atoms with van der Waals surface area (Å²) in [6.07, 6.45) is 2.49. The fourth-order valence-corrected chi connectivity index (χ4v) is 2.73. The molecule has 2 heterocycles. The second-order valence-corrected chi connectivity index (χ2v) is 5.01. The highest BCUT2D eigenvalue weighted by atomic mass is 16.5. The Morgan fingerprint density at radius 1 is 1.22 bits per heavy atom. The van der Waals surface area contributed by atoms with Crippen LogP contribution in [0.25, 0.3) is 0 Å². The second-order valence-electron chi connectivity index (χ2n) is 5.01. The molecule has 0 radical (unpaired) electrons. The normalized spacial score (nSPS) is 26.3. The van der Waals surface area contributed by atoms with Crippen LogP contribution in [0.1, 0.15) is 23.2 Å². The number of nitrogens with two attached hydrogens (primary N) is 2. The standard InChI is InChI=1S/C13H17N3O2/c14-8-1-4-11(12(15)5-8)13(17)16-6-9-2-3-10(7-16)18-9/h1,4-5,9-10H,2-3,6-7,14-15H2. The largest absolute Gasteiger partial charge is 0.399 e. The molecule has 96 valence electrons. The highest BCUT2D eigenvalue weighted by Crippen LogP contribution is 2.28. The van der Waals surface area contributed by atoms with Gasteiger partial charge in [-0.25, -0.2) is 0 Å². The summed E-state index contributed by atoms with van der Waals surface area (Å²) >= 11 is 0. The molecule has 2 bridgehead atoms. The average Bonchev–Trinajstić information content (AvgIpc) is 2.67. The van der Waals surface area contributed by atoms with E-state index in [9.17, 15) is 4.79 Å². The van der Waals surface area contributed by atoms with Gasteiger partial charge in [-0.05, 0) is 31.0 Å². The van der Waals surface area contributed by atoms with Gasteiger partial charge in [0.1, 0.15) is 0 Å². The van der Waals surface area contributed by atoms with Gasteiger partial charge in [-0.2, -0.15) is 0 Å². The maximum atomic E-state index is 12.4. The number of carbonyl (C=O) groups excluding carboxylic acids is 1. The third kappa shape index (κ3) is 1.90. The lowest BCUT2D eigenvalue weighted by molar-refractivity contribution is -0.0303. The van der Waals surface area contributed by atoms with E-state index >= 15 is 0 Å². The molecule has 0 spiro atoms. The van der Waals surface area contributed by atoms with Crippen LogP contribution in [0.4, 0.5) is 11.4 Å². The Hall–Kier alpha value is -1.75. The van der Waals surface area contributed by atoms with E-state index in [1.54, 1.807) is 18.2 Å². The number of nitrogen functional groups attached to an aromatic ring is 2. The van der Waals surface area contributed by atoms with E-state index < -0.39 is 0 Å². The van der Waals surface area contributed by atoms with Gasteiger partial charge in [0.25, 0.3) is 5.91 Å². The van der Waals surface area contributed by atoms with Crippen LogP contribution in [-0.2, 0) is 4.74 Å². The number of hydrogen-bond acceptors (Lipinski definition) is 4. The van der Waals surface area contributed by atoms with Crippen LogP contribution < -0.4 is 11.5 Å². The lowest BCUT2D eigenvalue weighted by Crippen LogP contribution is -2.46. The Balaban J connectivity index is 1.82. The van der Waals surface area contributed by atoms with Crippen molar-refractivity contribution >= 4 is 17.3 Å². The van der Waals surface area contributed by atoms with Crippen molar-refractivity contribution in [2.75, 3.05) is 24.6 Å². The number of amides is 1. The molecule has 0 aromatic heterocycles. The minimum absolute atomic E-state index is 0.0206. The molecule has 3 rings (SSSR count). The topological polar surface area (TPSA) is 81.6 Å². The summed E-state index contributed by atoms with van der Waals surface area (Å²) in [7, 11) is 0. The molecule has 2 saturated heterocycles. The monoisotopic (exact) mass is 247 g/mol. The quantitative estimate of drug-likeness (QED) is 0.721. The zero-order valence-corrected chi connectivity index (χ0v) is 10.1. The summed E-state index contributed by atoms with van der Waals surface area (Å²) in [5, 5.41) is 0. The molecule has 0 aliphatic carbocycles. The highest BCUT2D eigenvalue weighted by molar-refractivity contribution is 5.99. The maximum Gasteiger partial charge on any atom is 0.256 e. The molecule has 0 saturated carbocycles. The Labute approximate surface area is 106 Å². The molecule has 2 unspecified atom stereocenters. The molecule has 2 aliphatic rings. The molecule has 1 aromatic rings. The molecule has 1 aromatic carbocycles. The number of likely N-dealkylation sites (tertiary alicyclic amines) is 1. The molecule has 5 nitrogen and oxygen atoms in total. The van der Waals surface area contributed by atoms with Crippen molar-refractivity contribution in [2.24, 2.45) is 0 Å². The van der Waals surface area contributed by atoms with Crippen LogP contribution in [0.5, 0.6) is 0 Å². The first-order valence-electron chi connectivity index (χ1n) is 6.23. The van der Waals surface area contributed by atoms with E-state index in [0.717, 1.165) is 12.8 Å². The molecule has 2 atom stereocenters. The molecule has 18 heavy (non-hydrogen) atoms. The number of benzene rings is 1. The van der Waals surface area contributed by atoms with Crippen molar-refractivity contribution in [1.29, 1.82) is 0 Å². The van der Waals surface area contributed by atoms with Crippen LogP contribution in [0.2, 0.25) is 0 Å². The molecule has 5 heteroatoms. The average molecular weight is 247 g/mol. The third-order valence-corrected chi connectivity index (χ3v) is 3.64. The predicted molar refractivity (Wildman–Crippen MR) is 69.1 cm³/mol. The minimum atomic E-state index is -0.0206. The maximum absolute atomic E-state index is 12.4. The summed E-state index contributed by atoms with van der Waals surface area (Å²) in [5.74, 6) is -0.0206. The van der Waals surface area contributed by atoms with E-state index in [0.29, 0.717) is 30.0 Å². The smallest absolute Gasteiger partial charge is 0.256 e.